The maximum Gasteiger partial charge on any atom is 0.355 e. The van der Waals surface area contributed by atoms with Crippen LogP contribution >= 0.6 is 0 Å². The van der Waals surface area contributed by atoms with Crippen LogP contribution in [0.3, 0.4) is 0 Å². The van der Waals surface area contributed by atoms with Gasteiger partial charge in [0.25, 0.3) is 0 Å². The van der Waals surface area contributed by atoms with Gasteiger partial charge in [-0.05, 0) is 67.7 Å². The summed E-state index contributed by atoms with van der Waals surface area (Å²) in [6, 6.07) is 9.20. The number of amides is 1. The topological polar surface area (TPSA) is 89.2 Å². The van der Waals surface area contributed by atoms with Crippen LogP contribution in [0.1, 0.15) is 44.9 Å². The van der Waals surface area contributed by atoms with Gasteiger partial charge in [0.1, 0.15) is 17.3 Å². The van der Waals surface area contributed by atoms with E-state index in [1.807, 2.05) is 61.7 Å². The number of aromatic nitrogens is 5. The average molecular weight is 636 g/mol. The lowest BCUT2D eigenvalue weighted by atomic mass is 9.98. The molecule has 4 aromatic heterocycles. The third-order valence-electron chi connectivity index (χ3n) is 9.27. The van der Waals surface area contributed by atoms with E-state index >= 15 is 8.78 Å². The van der Waals surface area contributed by atoms with Crippen molar-refractivity contribution in [2.45, 2.75) is 58.7 Å². The highest BCUT2D eigenvalue weighted by molar-refractivity contribution is 5.93. The van der Waals surface area contributed by atoms with E-state index in [2.05, 4.69) is 16.5 Å². The Labute approximate surface area is 270 Å². The summed E-state index contributed by atoms with van der Waals surface area (Å²) in [6.45, 7) is 12.7. The fourth-order valence-electron chi connectivity index (χ4n) is 6.94. The van der Waals surface area contributed by atoms with E-state index in [1.54, 1.807) is 23.2 Å². The molecule has 7 rings (SSSR count). The van der Waals surface area contributed by atoms with Crippen LogP contribution < -0.4 is 10.6 Å². The zero-order valence-electron chi connectivity index (χ0n) is 26.7. The summed E-state index contributed by atoms with van der Waals surface area (Å²) in [7, 11) is 0. The molecular weight excluding hydrogens is 600 g/mol. The van der Waals surface area contributed by atoms with Crippen LogP contribution in [0.4, 0.5) is 14.6 Å². The van der Waals surface area contributed by atoms with Gasteiger partial charge in [-0.15, -0.1) is 0 Å². The number of benzene rings is 1. The van der Waals surface area contributed by atoms with Crippen LogP contribution in [-0.4, -0.2) is 60.1 Å². The molecule has 4 bridgehead atoms. The number of anilines is 1. The molecule has 5 aromatic rings. The van der Waals surface area contributed by atoms with Gasteiger partial charge in [-0.25, -0.2) is 23.1 Å². The molecular formula is C36H35F2N7O2. The minimum Gasteiger partial charge on any atom is -0.353 e. The molecule has 1 amide bonds. The first-order valence-corrected chi connectivity index (χ1v) is 15.8. The number of pyridine rings is 2. The molecule has 0 spiro atoms. The number of carbonyl (C=O) groups excluding carboxylic acids is 1. The summed E-state index contributed by atoms with van der Waals surface area (Å²) in [6.07, 6.45) is 7.40. The number of hydrogen-bond acceptors (Lipinski definition) is 6. The number of hydrogen-bond donors (Lipinski definition) is 0. The molecule has 0 N–H and O–H groups in total. The van der Waals surface area contributed by atoms with E-state index in [4.69, 9.17) is 4.98 Å². The van der Waals surface area contributed by atoms with Gasteiger partial charge in [-0.1, -0.05) is 32.6 Å². The predicted octanol–water partition coefficient (Wildman–Crippen LogP) is 5.88. The molecule has 2 aliphatic rings. The average Bonchev–Trinajstić information content (AvgIpc) is 3.53. The summed E-state index contributed by atoms with van der Waals surface area (Å²) in [4.78, 5) is 44.7. The molecule has 2 atom stereocenters. The lowest BCUT2D eigenvalue weighted by Gasteiger charge is -2.44. The summed E-state index contributed by atoms with van der Waals surface area (Å²) < 4.78 is 35.7. The fourth-order valence-corrected chi connectivity index (χ4v) is 6.94. The van der Waals surface area contributed by atoms with Gasteiger partial charge in [0.2, 0.25) is 5.91 Å². The molecule has 240 valence electrons. The van der Waals surface area contributed by atoms with E-state index in [0.717, 1.165) is 11.1 Å². The number of piperazine rings is 1. The second kappa shape index (κ2) is 11.6. The van der Waals surface area contributed by atoms with Crippen LogP contribution in [0.5, 0.6) is 0 Å². The van der Waals surface area contributed by atoms with Crippen molar-refractivity contribution in [3.8, 4) is 28.1 Å². The SMILES string of the molecule is C=CC(=O)N1C[C@H](C)N(c2nc(=O)n3c4nc(c(F)cc24)-c2c(F)cccc2-c2ccn(c2)CCc2ccnc(C(C)C)c2-3)C[C@H]1C. The van der Waals surface area contributed by atoms with Crippen molar-refractivity contribution in [2.24, 2.45) is 0 Å². The van der Waals surface area contributed by atoms with Gasteiger partial charge < -0.3 is 14.4 Å². The van der Waals surface area contributed by atoms with Crippen molar-refractivity contribution in [1.82, 2.24) is 29.0 Å². The van der Waals surface area contributed by atoms with Crippen LogP contribution in [0.25, 0.3) is 39.1 Å². The lowest BCUT2D eigenvalue weighted by molar-refractivity contribution is -0.128. The molecule has 0 saturated carbocycles. The Hall–Kier alpha value is -5.19. The molecule has 1 aromatic carbocycles. The summed E-state index contributed by atoms with van der Waals surface area (Å²) in [5.74, 6) is -1.38. The van der Waals surface area contributed by atoms with Gasteiger partial charge in [0, 0.05) is 61.4 Å². The van der Waals surface area contributed by atoms with E-state index in [1.165, 1.54) is 22.8 Å². The second-order valence-electron chi connectivity index (χ2n) is 12.7. The van der Waals surface area contributed by atoms with E-state index in [-0.39, 0.29) is 46.6 Å². The Kier molecular flexibility index (Phi) is 7.49. The van der Waals surface area contributed by atoms with Crippen molar-refractivity contribution in [1.29, 1.82) is 0 Å². The number of rotatable bonds is 3. The van der Waals surface area contributed by atoms with Crippen molar-refractivity contribution in [2.75, 3.05) is 18.0 Å². The molecule has 0 aliphatic carbocycles. The molecule has 1 saturated heterocycles. The highest BCUT2D eigenvalue weighted by Crippen LogP contribution is 2.39. The first kappa shape index (κ1) is 30.5. The first-order chi connectivity index (χ1) is 22.6. The quantitative estimate of drug-likeness (QED) is 0.230. The molecule has 47 heavy (non-hydrogen) atoms. The fraction of sp³-hybridized carbons (Fsp3) is 0.306. The van der Waals surface area contributed by atoms with E-state index in [0.29, 0.717) is 48.4 Å². The minimum absolute atomic E-state index is 0.00953. The summed E-state index contributed by atoms with van der Waals surface area (Å²) in [5.41, 5.74) is 2.63. The van der Waals surface area contributed by atoms with Gasteiger partial charge in [0.15, 0.2) is 11.5 Å². The summed E-state index contributed by atoms with van der Waals surface area (Å²) >= 11 is 0. The van der Waals surface area contributed by atoms with E-state index in [9.17, 15) is 9.59 Å². The molecule has 0 radical (unpaired) electrons. The predicted molar refractivity (Wildman–Crippen MR) is 178 cm³/mol. The zero-order chi connectivity index (χ0) is 33.1. The minimum atomic E-state index is -0.747. The Balaban J connectivity index is 1.57. The van der Waals surface area contributed by atoms with Gasteiger partial charge in [-0.2, -0.15) is 4.98 Å². The van der Waals surface area contributed by atoms with Crippen LogP contribution in [0.15, 0.2) is 72.4 Å². The monoisotopic (exact) mass is 635 g/mol. The number of halogens is 2. The normalized spacial score (nSPS) is 17.6. The van der Waals surface area contributed by atoms with Crippen LogP contribution in [-0.2, 0) is 17.8 Å². The highest BCUT2D eigenvalue weighted by atomic mass is 19.1. The lowest BCUT2D eigenvalue weighted by Crippen LogP contribution is -2.58. The van der Waals surface area contributed by atoms with E-state index < -0.39 is 17.3 Å². The van der Waals surface area contributed by atoms with Gasteiger partial charge in [0.05, 0.1) is 16.8 Å². The third-order valence-corrected chi connectivity index (χ3v) is 9.27. The largest absolute Gasteiger partial charge is 0.355 e. The number of carbonyl (C=O) groups is 1. The Morgan fingerprint density at radius 2 is 1.87 bits per heavy atom. The number of nitrogens with zero attached hydrogens (tertiary/aromatic N) is 7. The van der Waals surface area contributed by atoms with Gasteiger partial charge >= 0.3 is 5.69 Å². The molecule has 6 heterocycles. The molecule has 1 fully saturated rings. The Morgan fingerprint density at radius 1 is 1.06 bits per heavy atom. The van der Waals surface area contributed by atoms with Crippen molar-refractivity contribution in [3.63, 3.8) is 0 Å². The van der Waals surface area contributed by atoms with Crippen molar-refractivity contribution < 1.29 is 13.6 Å². The van der Waals surface area contributed by atoms with Crippen LogP contribution in [0.2, 0.25) is 0 Å². The van der Waals surface area contributed by atoms with Crippen molar-refractivity contribution >= 4 is 22.8 Å². The smallest absolute Gasteiger partial charge is 0.353 e. The summed E-state index contributed by atoms with van der Waals surface area (Å²) in [5, 5.41) is 0.301. The maximum atomic E-state index is 16.5. The Bertz CT molecular complexity index is 2140. The first-order valence-electron chi connectivity index (χ1n) is 15.8. The zero-order valence-corrected chi connectivity index (χ0v) is 26.7. The second-order valence-corrected chi connectivity index (χ2v) is 12.7. The number of fused-ring (bicyclic) bond motifs is 8. The van der Waals surface area contributed by atoms with Gasteiger partial charge in [-0.3, -0.25) is 9.78 Å². The highest BCUT2D eigenvalue weighted by Gasteiger charge is 2.34. The Morgan fingerprint density at radius 3 is 2.64 bits per heavy atom. The molecule has 0 unspecified atom stereocenters. The standard InChI is InChI=1S/C36H35F2N7O2/c1-6-29(46)43-17-22(5)44(18-21(43)4)34-26-16-28(38)32-30-25(8-7-9-27(30)37)24-12-15-42(19-24)14-11-23-10-13-39-31(20(2)3)33(23)45(35(26)40-32)36(47)41-34/h6-10,12-13,15-16,19-22H,1,11,14,17-18H2,2-5H3/t21-,22+/m1/s1. The third kappa shape index (κ3) is 5.01. The molecule has 2 aliphatic heterocycles. The maximum absolute atomic E-state index is 16.5. The molecule has 11 heteroatoms. The number of aryl methyl sites for hydroxylation is 2. The molecule has 9 nitrogen and oxygen atoms in total. The van der Waals surface area contributed by atoms with Crippen molar-refractivity contribution in [3.05, 3.63) is 101 Å². The van der Waals surface area contributed by atoms with Crippen LogP contribution in [0, 0.1) is 11.6 Å².